The minimum absolute atomic E-state index is 0.0597. The molecule has 0 amide bonds. The van der Waals surface area contributed by atoms with Gasteiger partial charge >= 0.3 is 6.18 Å². The third kappa shape index (κ3) is 3.90. The molecule has 26 heavy (non-hydrogen) atoms. The van der Waals surface area contributed by atoms with Gasteiger partial charge in [-0.3, -0.25) is 4.98 Å². The summed E-state index contributed by atoms with van der Waals surface area (Å²) in [6, 6.07) is 11.4. The summed E-state index contributed by atoms with van der Waals surface area (Å²) >= 11 is 5.99. The van der Waals surface area contributed by atoms with E-state index in [4.69, 9.17) is 21.6 Å². The number of alkyl halides is 3. The SMILES string of the molecule is N#Cc1ccc(Oc2cc(C(F)(F)F)nc(-c3ccccn3)n2)c(Cl)c1. The first-order valence-electron chi connectivity index (χ1n) is 7.12. The smallest absolute Gasteiger partial charge is 0.433 e. The standard InChI is InChI=1S/C17H8ClF3N4O/c18-11-7-10(9-22)4-5-13(11)26-15-8-14(17(19,20)21)24-16(25-15)12-3-1-2-6-23-12/h1-8H. The number of benzene rings is 1. The van der Waals surface area contributed by atoms with Crippen LogP contribution < -0.4 is 4.74 Å². The lowest BCUT2D eigenvalue weighted by Crippen LogP contribution is -2.10. The van der Waals surface area contributed by atoms with Crippen LogP contribution in [0.1, 0.15) is 11.3 Å². The molecule has 0 bridgehead atoms. The molecular formula is C17H8ClF3N4O. The predicted molar refractivity (Wildman–Crippen MR) is 86.5 cm³/mol. The van der Waals surface area contributed by atoms with E-state index in [1.165, 1.54) is 30.5 Å². The van der Waals surface area contributed by atoms with E-state index in [0.29, 0.717) is 6.07 Å². The van der Waals surface area contributed by atoms with Crippen LogP contribution in [-0.2, 0) is 6.18 Å². The molecule has 130 valence electrons. The Bertz CT molecular complexity index is 988. The summed E-state index contributed by atoms with van der Waals surface area (Å²) in [5, 5.41) is 8.89. The van der Waals surface area contributed by atoms with Gasteiger partial charge in [0.15, 0.2) is 11.5 Å². The minimum Gasteiger partial charge on any atom is -0.437 e. The fraction of sp³-hybridized carbons (Fsp3) is 0.0588. The zero-order chi connectivity index (χ0) is 18.7. The fourth-order valence-electron chi connectivity index (χ4n) is 2.00. The molecule has 9 heteroatoms. The molecule has 0 unspecified atom stereocenters. The van der Waals surface area contributed by atoms with Gasteiger partial charge in [-0.25, -0.2) is 4.98 Å². The average Bonchev–Trinajstić information content (AvgIpc) is 2.63. The molecule has 2 heterocycles. The van der Waals surface area contributed by atoms with Crippen LogP contribution in [0.4, 0.5) is 13.2 Å². The summed E-state index contributed by atoms with van der Waals surface area (Å²) in [6.45, 7) is 0. The number of nitriles is 1. The van der Waals surface area contributed by atoms with Crippen molar-refractivity contribution in [3.8, 4) is 29.2 Å². The minimum atomic E-state index is -4.70. The van der Waals surface area contributed by atoms with Crippen LogP contribution in [0, 0.1) is 11.3 Å². The Morgan fingerprint density at radius 2 is 1.88 bits per heavy atom. The van der Waals surface area contributed by atoms with Crippen LogP contribution in [0.15, 0.2) is 48.7 Å². The second-order valence-corrected chi connectivity index (χ2v) is 5.39. The summed E-state index contributed by atoms with van der Waals surface area (Å²) in [7, 11) is 0. The molecule has 3 aromatic rings. The lowest BCUT2D eigenvalue weighted by molar-refractivity contribution is -0.141. The van der Waals surface area contributed by atoms with Crippen molar-refractivity contribution in [3.05, 3.63) is 64.9 Å². The molecule has 0 N–H and O–H groups in total. The van der Waals surface area contributed by atoms with E-state index in [0.717, 1.165) is 0 Å². The van der Waals surface area contributed by atoms with Gasteiger partial charge in [0.05, 0.1) is 16.7 Å². The van der Waals surface area contributed by atoms with Crippen LogP contribution in [0.25, 0.3) is 11.5 Å². The third-order valence-electron chi connectivity index (χ3n) is 3.16. The van der Waals surface area contributed by atoms with Crippen molar-refractivity contribution in [2.24, 2.45) is 0 Å². The molecule has 0 aliphatic rings. The first-order valence-corrected chi connectivity index (χ1v) is 7.50. The highest BCUT2D eigenvalue weighted by molar-refractivity contribution is 6.32. The van der Waals surface area contributed by atoms with Gasteiger partial charge in [-0.2, -0.15) is 23.4 Å². The molecule has 0 radical (unpaired) electrons. The third-order valence-corrected chi connectivity index (χ3v) is 3.46. The maximum absolute atomic E-state index is 13.2. The second-order valence-electron chi connectivity index (χ2n) is 4.99. The predicted octanol–water partition coefficient (Wildman–Crippen LogP) is 4.87. The molecule has 0 spiro atoms. The zero-order valence-electron chi connectivity index (χ0n) is 12.8. The van der Waals surface area contributed by atoms with Crippen LogP contribution in [-0.4, -0.2) is 15.0 Å². The maximum Gasteiger partial charge on any atom is 0.433 e. The molecule has 5 nitrogen and oxygen atoms in total. The normalized spacial score (nSPS) is 11.0. The molecule has 0 atom stereocenters. The highest BCUT2D eigenvalue weighted by Crippen LogP contribution is 2.34. The Kier molecular flexibility index (Phi) is 4.73. The van der Waals surface area contributed by atoms with E-state index in [-0.39, 0.29) is 33.7 Å². The summed E-state index contributed by atoms with van der Waals surface area (Å²) in [4.78, 5) is 11.4. The molecular weight excluding hydrogens is 369 g/mol. The van der Waals surface area contributed by atoms with Crippen LogP contribution >= 0.6 is 11.6 Å². The number of hydrogen-bond donors (Lipinski definition) is 0. The van der Waals surface area contributed by atoms with E-state index < -0.39 is 11.9 Å². The molecule has 1 aromatic carbocycles. The summed E-state index contributed by atoms with van der Waals surface area (Å²) in [5.41, 5.74) is -0.725. The monoisotopic (exact) mass is 376 g/mol. The molecule has 0 fully saturated rings. The number of nitrogens with zero attached hydrogens (tertiary/aromatic N) is 4. The number of pyridine rings is 1. The number of hydrogen-bond acceptors (Lipinski definition) is 5. The van der Waals surface area contributed by atoms with Crippen molar-refractivity contribution in [1.29, 1.82) is 5.26 Å². The Balaban J connectivity index is 2.05. The summed E-state index contributed by atoms with van der Waals surface area (Å²) in [5.74, 6) is -0.524. The first-order chi connectivity index (χ1) is 12.4. The highest BCUT2D eigenvalue weighted by Gasteiger charge is 2.34. The van der Waals surface area contributed by atoms with Gasteiger partial charge in [0.25, 0.3) is 0 Å². The largest absolute Gasteiger partial charge is 0.437 e. The van der Waals surface area contributed by atoms with Crippen molar-refractivity contribution in [2.45, 2.75) is 6.18 Å². The lowest BCUT2D eigenvalue weighted by atomic mass is 10.2. The van der Waals surface area contributed by atoms with Gasteiger partial charge in [-0.15, -0.1) is 0 Å². The number of halogens is 4. The Morgan fingerprint density at radius 1 is 1.08 bits per heavy atom. The van der Waals surface area contributed by atoms with Gasteiger partial charge in [0.2, 0.25) is 5.88 Å². The van der Waals surface area contributed by atoms with Gasteiger partial charge in [0, 0.05) is 12.3 Å². The first kappa shape index (κ1) is 17.6. The van der Waals surface area contributed by atoms with Crippen molar-refractivity contribution < 1.29 is 17.9 Å². The number of aromatic nitrogens is 3. The molecule has 0 aliphatic heterocycles. The second kappa shape index (κ2) is 6.98. The van der Waals surface area contributed by atoms with E-state index >= 15 is 0 Å². The van der Waals surface area contributed by atoms with Crippen molar-refractivity contribution in [3.63, 3.8) is 0 Å². The van der Waals surface area contributed by atoms with E-state index in [9.17, 15) is 13.2 Å². The number of ether oxygens (including phenoxy) is 1. The Labute approximate surface area is 150 Å². The van der Waals surface area contributed by atoms with Crippen molar-refractivity contribution in [1.82, 2.24) is 15.0 Å². The van der Waals surface area contributed by atoms with E-state index in [1.807, 2.05) is 6.07 Å². The Morgan fingerprint density at radius 3 is 2.50 bits per heavy atom. The van der Waals surface area contributed by atoms with Gasteiger partial charge in [0.1, 0.15) is 11.4 Å². The summed E-state index contributed by atoms with van der Waals surface area (Å²) < 4.78 is 44.8. The molecule has 0 saturated carbocycles. The quantitative estimate of drug-likeness (QED) is 0.651. The zero-order valence-corrected chi connectivity index (χ0v) is 13.6. The lowest BCUT2D eigenvalue weighted by Gasteiger charge is -2.11. The topological polar surface area (TPSA) is 71.7 Å². The maximum atomic E-state index is 13.2. The van der Waals surface area contributed by atoms with Crippen molar-refractivity contribution >= 4 is 11.6 Å². The highest BCUT2D eigenvalue weighted by atomic mass is 35.5. The van der Waals surface area contributed by atoms with Gasteiger partial charge in [-0.1, -0.05) is 17.7 Å². The number of rotatable bonds is 3. The van der Waals surface area contributed by atoms with E-state index in [1.54, 1.807) is 12.1 Å². The fourth-order valence-corrected chi connectivity index (χ4v) is 2.22. The van der Waals surface area contributed by atoms with Gasteiger partial charge < -0.3 is 4.74 Å². The van der Waals surface area contributed by atoms with Crippen LogP contribution in [0.3, 0.4) is 0 Å². The van der Waals surface area contributed by atoms with Crippen molar-refractivity contribution in [2.75, 3.05) is 0 Å². The van der Waals surface area contributed by atoms with E-state index in [2.05, 4.69) is 15.0 Å². The molecule has 3 rings (SSSR count). The molecule has 0 saturated heterocycles. The molecule has 2 aromatic heterocycles. The van der Waals surface area contributed by atoms with Crippen LogP contribution in [0.5, 0.6) is 11.6 Å². The average molecular weight is 377 g/mol. The Hall–Kier alpha value is -3.18. The summed E-state index contributed by atoms with van der Waals surface area (Å²) in [6.07, 6.45) is -3.28. The molecule has 0 aliphatic carbocycles. The van der Waals surface area contributed by atoms with Gasteiger partial charge in [-0.05, 0) is 30.3 Å². The van der Waals surface area contributed by atoms with Crippen LogP contribution in [0.2, 0.25) is 5.02 Å².